The fourth-order valence-corrected chi connectivity index (χ4v) is 2.13. The number of ether oxygens (including phenoxy) is 1. The number of hydrogen-bond donors (Lipinski definition) is 0. The van der Waals surface area contributed by atoms with Gasteiger partial charge in [0.1, 0.15) is 23.3 Å². The number of aromatic nitrogens is 1. The monoisotopic (exact) mass is 287 g/mol. The first-order chi connectivity index (χ1) is 9.72. The van der Waals surface area contributed by atoms with Gasteiger partial charge in [0.2, 0.25) is 0 Å². The Bertz CT molecular complexity index is 743. The first-order valence-electron chi connectivity index (χ1n) is 6.15. The summed E-state index contributed by atoms with van der Waals surface area (Å²) in [6.45, 7) is 0.294. The van der Waals surface area contributed by atoms with Gasteiger partial charge in [-0.2, -0.15) is 0 Å². The zero-order chi connectivity index (χ0) is 13.9. The van der Waals surface area contributed by atoms with Crippen LogP contribution in [0, 0.1) is 5.82 Å². The van der Waals surface area contributed by atoms with Gasteiger partial charge in [0, 0.05) is 10.9 Å². The van der Waals surface area contributed by atoms with Gasteiger partial charge in [-0.15, -0.1) is 0 Å². The van der Waals surface area contributed by atoms with Crippen LogP contribution in [0.1, 0.15) is 5.56 Å². The van der Waals surface area contributed by atoms with Crippen molar-refractivity contribution >= 4 is 22.5 Å². The van der Waals surface area contributed by atoms with E-state index in [9.17, 15) is 4.39 Å². The molecule has 0 atom stereocenters. The van der Waals surface area contributed by atoms with Crippen molar-refractivity contribution in [3.63, 3.8) is 0 Å². The minimum Gasteiger partial charge on any atom is -0.489 e. The molecule has 2 nitrogen and oxygen atoms in total. The molecule has 1 aromatic heterocycles. The standard InChI is InChI=1S/C16H11ClFNO/c17-16-12(9-11-3-1-2-4-15(11)19-16)10-20-14-7-5-13(18)6-8-14/h1-9H,10H2. The Morgan fingerprint density at radius 2 is 1.80 bits per heavy atom. The van der Waals surface area contributed by atoms with Gasteiger partial charge in [-0.25, -0.2) is 9.37 Å². The Hall–Kier alpha value is -2.13. The molecule has 0 saturated heterocycles. The Labute approximate surface area is 120 Å². The van der Waals surface area contributed by atoms with Crippen molar-refractivity contribution in [2.24, 2.45) is 0 Å². The lowest BCUT2D eigenvalue weighted by Gasteiger charge is -2.08. The van der Waals surface area contributed by atoms with Gasteiger partial charge in [0.25, 0.3) is 0 Å². The third-order valence-electron chi connectivity index (χ3n) is 2.96. The third-order valence-corrected chi connectivity index (χ3v) is 3.29. The number of halogens is 2. The summed E-state index contributed by atoms with van der Waals surface area (Å²) in [6, 6.07) is 15.6. The maximum absolute atomic E-state index is 12.8. The van der Waals surface area contributed by atoms with E-state index in [0.29, 0.717) is 17.5 Å². The lowest BCUT2D eigenvalue weighted by molar-refractivity contribution is 0.305. The molecule has 0 spiro atoms. The summed E-state index contributed by atoms with van der Waals surface area (Å²) in [5.41, 5.74) is 1.65. The van der Waals surface area contributed by atoms with Gasteiger partial charge in [0.05, 0.1) is 5.52 Å². The summed E-state index contributed by atoms with van der Waals surface area (Å²) in [7, 11) is 0. The van der Waals surface area contributed by atoms with Crippen molar-refractivity contribution in [1.29, 1.82) is 0 Å². The Balaban J connectivity index is 1.83. The topological polar surface area (TPSA) is 22.1 Å². The Kier molecular flexibility index (Phi) is 3.52. The van der Waals surface area contributed by atoms with Crippen LogP contribution in [0.15, 0.2) is 54.6 Å². The van der Waals surface area contributed by atoms with Gasteiger partial charge < -0.3 is 4.74 Å². The van der Waals surface area contributed by atoms with E-state index < -0.39 is 0 Å². The third kappa shape index (κ3) is 2.73. The summed E-state index contributed by atoms with van der Waals surface area (Å²) >= 11 is 6.14. The van der Waals surface area contributed by atoms with Gasteiger partial charge in [-0.1, -0.05) is 29.8 Å². The molecule has 0 aliphatic rings. The molecule has 1 heterocycles. The predicted molar refractivity (Wildman–Crippen MR) is 77.5 cm³/mol. The van der Waals surface area contributed by atoms with Crippen LogP contribution in [-0.2, 0) is 6.61 Å². The molecule has 0 aliphatic heterocycles. The molecule has 0 bridgehead atoms. The summed E-state index contributed by atoms with van der Waals surface area (Å²) < 4.78 is 18.4. The molecule has 0 saturated carbocycles. The molecule has 0 radical (unpaired) electrons. The lowest BCUT2D eigenvalue weighted by atomic mass is 10.2. The number of pyridine rings is 1. The van der Waals surface area contributed by atoms with E-state index >= 15 is 0 Å². The number of hydrogen-bond acceptors (Lipinski definition) is 2. The van der Waals surface area contributed by atoms with Crippen molar-refractivity contribution in [2.75, 3.05) is 0 Å². The number of benzene rings is 2. The van der Waals surface area contributed by atoms with Crippen LogP contribution >= 0.6 is 11.6 Å². The van der Waals surface area contributed by atoms with Crippen LogP contribution in [0.4, 0.5) is 4.39 Å². The highest BCUT2D eigenvalue weighted by atomic mass is 35.5. The molecule has 0 fully saturated rings. The average Bonchev–Trinajstić information content (AvgIpc) is 2.47. The molecule has 0 unspecified atom stereocenters. The van der Waals surface area contributed by atoms with E-state index in [2.05, 4.69) is 4.98 Å². The van der Waals surface area contributed by atoms with Crippen molar-refractivity contribution in [3.8, 4) is 5.75 Å². The minimum atomic E-state index is -0.289. The van der Waals surface area contributed by atoms with Crippen molar-refractivity contribution in [3.05, 3.63) is 71.1 Å². The molecular weight excluding hydrogens is 277 g/mol. The van der Waals surface area contributed by atoms with E-state index in [-0.39, 0.29) is 5.82 Å². The predicted octanol–water partition coefficient (Wildman–Crippen LogP) is 4.61. The molecule has 3 aromatic rings. The molecule has 20 heavy (non-hydrogen) atoms. The highest BCUT2D eigenvalue weighted by Gasteiger charge is 2.05. The SMILES string of the molecule is Fc1ccc(OCc2cc3ccccc3nc2Cl)cc1. The maximum Gasteiger partial charge on any atom is 0.136 e. The van der Waals surface area contributed by atoms with Crippen LogP contribution in [0.5, 0.6) is 5.75 Å². The summed E-state index contributed by atoms with van der Waals surface area (Å²) in [5.74, 6) is 0.304. The van der Waals surface area contributed by atoms with Crippen molar-refractivity contribution < 1.29 is 9.13 Å². The van der Waals surface area contributed by atoms with Crippen LogP contribution < -0.4 is 4.74 Å². The number of nitrogens with zero attached hydrogens (tertiary/aromatic N) is 1. The summed E-state index contributed by atoms with van der Waals surface area (Å²) in [6.07, 6.45) is 0. The molecular formula is C16H11ClFNO. The van der Waals surface area contributed by atoms with E-state index in [1.165, 1.54) is 12.1 Å². The molecule has 3 rings (SSSR count). The first kappa shape index (κ1) is 12.9. The average molecular weight is 288 g/mol. The fourth-order valence-electron chi connectivity index (χ4n) is 1.93. The Morgan fingerprint density at radius 1 is 1.05 bits per heavy atom. The van der Waals surface area contributed by atoms with E-state index in [1.807, 2.05) is 30.3 Å². The normalized spacial score (nSPS) is 10.7. The van der Waals surface area contributed by atoms with Gasteiger partial charge >= 0.3 is 0 Å². The van der Waals surface area contributed by atoms with Gasteiger partial charge in [0.15, 0.2) is 0 Å². The second-order valence-corrected chi connectivity index (χ2v) is 4.73. The summed E-state index contributed by atoms with van der Waals surface area (Å²) in [5, 5.41) is 1.43. The number of fused-ring (bicyclic) bond motifs is 1. The molecule has 0 aliphatic carbocycles. The molecule has 4 heteroatoms. The van der Waals surface area contributed by atoms with Crippen LogP contribution in [0.25, 0.3) is 10.9 Å². The van der Waals surface area contributed by atoms with E-state index in [1.54, 1.807) is 12.1 Å². The number of para-hydroxylation sites is 1. The van der Waals surface area contributed by atoms with Gasteiger partial charge in [-0.05, 0) is 36.4 Å². The molecule has 0 N–H and O–H groups in total. The quantitative estimate of drug-likeness (QED) is 0.657. The highest BCUT2D eigenvalue weighted by Crippen LogP contribution is 2.22. The molecule has 100 valence electrons. The fraction of sp³-hybridized carbons (Fsp3) is 0.0625. The smallest absolute Gasteiger partial charge is 0.136 e. The van der Waals surface area contributed by atoms with E-state index in [4.69, 9.17) is 16.3 Å². The molecule has 0 amide bonds. The first-order valence-corrected chi connectivity index (χ1v) is 6.53. The second-order valence-electron chi connectivity index (χ2n) is 4.37. The zero-order valence-corrected chi connectivity index (χ0v) is 11.3. The van der Waals surface area contributed by atoms with Crippen molar-refractivity contribution in [1.82, 2.24) is 4.98 Å². The number of rotatable bonds is 3. The van der Waals surface area contributed by atoms with Gasteiger partial charge in [-0.3, -0.25) is 0 Å². The molecule has 2 aromatic carbocycles. The van der Waals surface area contributed by atoms with Crippen molar-refractivity contribution in [2.45, 2.75) is 6.61 Å². The van der Waals surface area contributed by atoms with E-state index in [0.717, 1.165) is 16.5 Å². The summed E-state index contributed by atoms with van der Waals surface area (Å²) in [4.78, 5) is 4.33. The van der Waals surface area contributed by atoms with Crippen LogP contribution in [0.3, 0.4) is 0 Å². The Morgan fingerprint density at radius 3 is 2.60 bits per heavy atom. The maximum atomic E-state index is 12.8. The lowest BCUT2D eigenvalue weighted by Crippen LogP contribution is -1.98. The van der Waals surface area contributed by atoms with Crippen LogP contribution in [-0.4, -0.2) is 4.98 Å². The largest absolute Gasteiger partial charge is 0.489 e. The van der Waals surface area contributed by atoms with Crippen LogP contribution in [0.2, 0.25) is 5.15 Å². The zero-order valence-electron chi connectivity index (χ0n) is 10.5. The minimum absolute atomic E-state index is 0.289. The second kappa shape index (κ2) is 5.47. The highest BCUT2D eigenvalue weighted by molar-refractivity contribution is 6.30.